The number of carbonyl (C=O) groups excluding carboxylic acids is 1. The fourth-order valence-corrected chi connectivity index (χ4v) is 3.44. The highest BCUT2D eigenvalue weighted by Gasteiger charge is 2.24. The molecule has 0 spiro atoms. The smallest absolute Gasteiger partial charge is 0.250 e. The topological polar surface area (TPSA) is 56.2 Å². The van der Waals surface area contributed by atoms with Crippen LogP contribution in [0.15, 0.2) is 30.0 Å². The fourth-order valence-electron chi connectivity index (χ4n) is 3.26. The number of imidazole rings is 1. The lowest BCUT2D eigenvalue weighted by Crippen LogP contribution is -2.42. The maximum Gasteiger partial charge on any atom is 0.250 e. The third-order valence-corrected chi connectivity index (χ3v) is 4.66. The van der Waals surface area contributed by atoms with Crippen molar-refractivity contribution in [3.63, 3.8) is 0 Å². The number of ether oxygens (including phenoxy) is 1. The number of nitrogens with one attached hydrogen (secondary N) is 1. The molecule has 2 aliphatic heterocycles. The molecule has 0 radical (unpaired) electrons. The second-order valence-corrected chi connectivity index (χ2v) is 6.74. The minimum absolute atomic E-state index is 0.0779. The zero-order valence-corrected chi connectivity index (χ0v) is 14.1. The molecule has 6 heteroatoms. The van der Waals surface area contributed by atoms with Crippen LogP contribution in [-0.4, -0.2) is 28.1 Å². The SMILES string of the molecule is Cc1cn2c(n1)CCC(NC(=O)C1=Cc3cc(Cl)ccc3OC1)C2. The van der Waals surface area contributed by atoms with Crippen LogP contribution in [0.4, 0.5) is 0 Å². The van der Waals surface area contributed by atoms with Gasteiger partial charge in [0.05, 0.1) is 11.3 Å². The van der Waals surface area contributed by atoms with E-state index in [9.17, 15) is 4.79 Å². The van der Waals surface area contributed by atoms with Crippen LogP contribution in [0.1, 0.15) is 23.5 Å². The lowest BCUT2D eigenvalue weighted by Gasteiger charge is -2.26. The number of hydrogen-bond donors (Lipinski definition) is 1. The van der Waals surface area contributed by atoms with E-state index >= 15 is 0 Å². The maximum absolute atomic E-state index is 12.6. The summed E-state index contributed by atoms with van der Waals surface area (Å²) in [7, 11) is 0. The van der Waals surface area contributed by atoms with E-state index in [4.69, 9.17) is 16.3 Å². The molecule has 1 amide bonds. The second kappa shape index (κ2) is 5.98. The first-order valence-corrected chi connectivity index (χ1v) is 8.43. The number of nitrogens with zero attached hydrogens (tertiary/aromatic N) is 2. The molecule has 24 heavy (non-hydrogen) atoms. The summed E-state index contributed by atoms with van der Waals surface area (Å²) in [6, 6.07) is 5.53. The van der Waals surface area contributed by atoms with Crippen LogP contribution in [0.5, 0.6) is 5.75 Å². The highest BCUT2D eigenvalue weighted by Crippen LogP contribution is 2.29. The number of aromatic nitrogens is 2. The summed E-state index contributed by atoms with van der Waals surface area (Å²) in [6.07, 6.45) is 5.68. The van der Waals surface area contributed by atoms with Crippen LogP contribution in [0.3, 0.4) is 0 Å². The van der Waals surface area contributed by atoms with Gasteiger partial charge in [-0.05, 0) is 37.6 Å². The number of amides is 1. The molecule has 3 heterocycles. The Balaban J connectivity index is 1.47. The standard InChI is InChI=1S/C18H18ClN3O2/c1-11-8-22-9-15(3-5-17(22)20-11)21-18(23)13-6-12-7-14(19)2-4-16(12)24-10-13/h2,4,6-8,15H,3,5,9-10H2,1H3,(H,21,23). The van der Waals surface area contributed by atoms with Crippen molar-refractivity contribution in [1.82, 2.24) is 14.9 Å². The molecular formula is C18H18ClN3O2. The van der Waals surface area contributed by atoms with Gasteiger partial charge in [0.15, 0.2) is 0 Å². The monoisotopic (exact) mass is 343 g/mol. The van der Waals surface area contributed by atoms with Gasteiger partial charge in [-0.15, -0.1) is 0 Å². The number of fused-ring (bicyclic) bond motifs is 2. The molecule has 0 saturated heterocycles. The molecule has 2 aliphatic rings. The van der Waals surface area contributed by atoms with Crippen molar-refractivity contribution in [2.45, 2.75) is 32.4 Å². The van der Waals surface area contributed by atoms with E-state index in [0.717, 1.165) is 42.2 Å². The van der Waals surface area contributed by atoms with Crippen molar-refractivity contribution in [1.29, 1.82) is 0 Å². The van der Waals surface area contributed by atoms with Crippen molar-refractivity contribution in [2.24, 2.45) is 0 Å². The summed E-state index contributed by atoms with van der Waals surface area (Å²) < 4.78 is 7.79. The Morgan fingerprint density at radius 1 is 1.46 bits per heavy atom. The van der Waals surface area contributed by atoms with Crippen molar-refractivity contribution in [2.75, 3.05) is 6.61 Å². The summed E-state index contributed by atoms with van der Waals surface area (Å²) >= 11 is 6.02. The summed E-state index contributed by atoms with van der Waals surface area (Å²) in [4.78, 5) is 17.1. The Morgan fingerprint density at radius 2 is 2.33 bits per heavy atom. The predicted octanol–water partition coefficient (Wildman–Crippen LogP) is 2.75. The highest BCUT2D eigenvalue weighted by molar-refractivity contribution is 6.30. The quantitative estimate of drug-likeness (QED) is 0.912. The lowest BCUT2D eigenvalue weighted by atomic mass is 10.0. The van der Waals surface area contributed by atoms with Crippen LogP contribution >= 0.6 is 11.6 Å². The predicted molar refractivity (Wildman–Crippen MR) is 92.1 cm³/mol. The Bertz CT molecular complexity index is 841. The number of halogens is 1. The zero-order chi connectivity index (χ0) is 16.7. The van der Waals surface area contributed by atoms with Crippen LogP contribution in [0, 0.1) is 6.92 Å². The van der Waals surface area contributed by atoms with Gasteiger partial charge >= 0.3 is 0 Å². The molecule has 124 valence electrons. The van der Waals surface area contributed by atoms with Crippen molar-refractivity contribution >= 4 is 23.6 Å². The molecule has 1 aromatic carbocycles. The molecule has 0 aliphatic carbocycles. The average molecular weight is 344 g/mol. The minimum atomic E-state index is -0.0779. The second-order valence-electron chi connectivity index (χ2n) is 6.30. The Morgan fingerprint density at radius 3 is 3.21 bits per heavy atom. The first-order valence-electron chi connectivity index (χ1n) is 8.05. The van der Waals surface area contributed by atoms with Crippen LogP contribution in [0.2, 0.25) is 5.02 Å². The highest BCUT2D eigenvalue weighted by atomic mass is 35.5. The van der Waals surface area contributed by atoms with Crippen molar-refractivity contribution < 1.29 is 9.53 Å². The molecule has 1 aromatic heterocycles. The van der Waals surface area contributed by atoms with Crippen LogP contribution in [-0.2, 0) is 17.8 Å². The van der Waals surface area contributed by atoms with E-state index in [-0.39, 0.29) is 18.6 Å². The molecule has 5 nitrogen and oxygen atoms in total. The molecule has 0 fully saturated rings. The number of aryl methyl sites for hydroxylation is 2. The van der Waals surface area contributed by atoms with Gasteiger partial charge in [-0.25, -0.2) is 4.98 Å². The number of benzene rings is 1. The van der Waals surface area contributed by atoms with Crippen molar-refractivity contribution in [3.8, 4) is 5.75 Å². The molecule has 1 atom stereocenters. The van der Waals surface area contributed by atoms with Gasteiger partial charge in [0.25, 0.3) is 5.91 Å². The first kappa shape index (κ1) is 15.3. The van der Waals surface area contributed by atoms with E-state index in [1.54, 1.807) is 6.07 Å². The fraction of sp³-hybridized carbons (Fsp3) is 0.333. The Labute approximate surface area is 145 Å². The molecule has 1 unspecified atom stereocenters. The molecule has 1 N–H and O–H groups in total. The molecule has 0 saturated carbocycles. The van der Waals surface area contributed by atoms with Gasteiger partial charge in [0, 0.05) is 35.8 Å². The summed E-state index contributed by atoms with van der Waals surface area (Å²) in [5, 5.41) is 3.75. The van der Waals surface area contributed by atoms with Crippen LogP contribution < -0.4 is 10.1 Å². The molecular weight excluding hydrogens is 326 g/mol. The van der Waals surface area contributed by atoms with Gasteiger partial charge in [0.1, 0.15) is 18.2 Å². The van der Waals surface area contributed by atoms with Crippen LogP contribution in [0.25, 0.3) is 6.08 Å². The molecule has 0 bridgehead atoms. The van der Waals surface area contributed by atoms with Gasteiger partial charge in [-0.1, -0.05) is 11.6 Å². The summed E-state index contributed by atoms with van der Waals surface area (Å²) in [5.74, 6) is 1.78. The third kappa shape index (κ3) is 2.91. The van der Waals surface area contributed by atoms with Gasteiger partial charge in [0.2, 0.25) is 0 Å². The summed E-state index contributed by atoms with van der Waals surface area (Å²) in [6.45, 7) is 3.03. The van der Waals surface area contributed by atoms with Gasteiger partial charge in [-0.3, -0.25) is 4.79 Å². The zero-order valence-electron chi connectivity index (χ0n) is 13.4. The van der Waals surface area contributed by atoms with Gasteiger partial charge in [-0.2, -0.15) is 0 Å². The molecule has 4 rings (SSSR count). The Hall–Kier alpha value is -2.27. The average Bonchev–Trinajstić information content (AvgIpc) is 2.93. The normalized spacial score (nSPS) is 18.9. The Kier molecular flexibility index (Phi) is 3.81. The number of carbonyl (C=O) groups is 1. The van der Waals surface area contributed by atoms with Gasteiger partial charge < -0.3 is 14.6 Å². The van der Waals surface area contributed by atoms with E-state index < -0.39 is 0 Å². The van der Waals surface area contributed by atoms with E-state index in [1.165, 1.54) is 0 Å². The van der Waals surface area contributed by atoms with E-state index in [0.29, 0.717) is 10.6 Å². The minimum Gasteiger partial charge on any atom is -0.488 e. The van der Waals surface area contributed by atoms with Crippen molar-refractivity contribution in [3.05, 3.63) is 52.1 Å². The first-order chi connectivity index (χ1) is 11.6. The number of hydrogen-bond acceptors (Lipinski definition) is 3. The van der Waals surface area contributed by atoms with E-state index in [1.807, 2.05) is 31.3 Å². The number of rotatable bonds is 2. The maximum atomic E-state index is 12.6. The molecule has 2 aromatic rings. The third-order valence-electron chi connectivity index (χ3n) is 4.42. The lowest BCUT2D eigenvalue weighted by molar-refractivity contribution is -0.118. The largest absolute Gasteiger partial charge is 0.488 e. The van der Waals surface area contributed by atoms with E-state index in [2.05, 4.69) is 14.9 Å². The summed E-state index contributed by atoms with van der Waals surface area (Å²) in [5.41, 5.74) is 2.49.